The van der Waals surface area contributed by atoms with Gasteiger partial charge < -0.3 is 4.74 Å². The molecule has 0 radical (unpaired) electrons. The van der Waals surface area contributed by atoms with Gasteiger partial charge in [0, 0.05) is 0 Å². The van der Waals surface area contributed by atoms with Crippen LogP contribution in [0.25, 0.3) is 0 Å². The van der Waals surface area contributed by atoms with Gasteiger partial charge in [-0.25, -0.2) is 0 Å². The van der Waals surface area contributed by atoms with Gasteiger partial charge in [0.25, 0.3) is 0 Å². The Labute approximate surface area is 86.0 Å². The molecule has 0 bridgehead atoms. The summed E-state index contributed by atoms with van der Waals surface area (Å²) in [6.45, 7) is 4.50. The molecule has 0 aromatic rings. The molecule has 0 amide bonds. The van der Waals surface area contributed by atoms with E-state index in [0.29, 0.717) is 12.0 Å². The first-order valence-electron chi connectivity index (χ1n) is 5.82. The van der Waals surface area contributed by atoms with Gasteiger partial charge in [-0.1, -0.05) is 19.3 Å². The average Bonchev–Trinajstić information content (AvgIpc) is 2.74. The molecule has 2 aliphatic carbocycles. The summed E-state index contributed by atoms with van der Waals surface area (Å²) in [5, 5.41) is 0. The molecule has 2 aliphatic rings. The van der Waals surface area contributed by atoms with E-state index in [4.69, 9.17) is 4.74 Å². The van der Waals surface area contributed by atoms with Crippen molar-refractivity contribution in [3.05, 3.63) is 0 Å². The summed E-state index contributed by atoms with van der Waals surface area (Å²) >= 11 is 0. The number of esters is 1. The summed E-state index contributed by atoms with van der Waals surface area (Å²) in [4.78, 5) is 11.8. The molecule has 2 saturated carbocycles. The highest BCUT2D eigenvalue weighted by Crippen LogP contribution is 2.70. The van der Waals surface area contributed by atoms with Crippen molar-refractivity contribution in [1.82, 2.24) is 0 Å². The Bertz CT molecular complexity index is 241. The molecular weight excluding hydrogens is 176 g/mol. The molecule has 1 spiro atoms. The summed E-state index contributed by atoms with van der Waals surface area (Å²) in [6, 6.07) is 0. The van der Waals surface area contributed by atoms with Gasteiger partial charge >= 0.3 is 5.97 Å². The van der Waals surface area contributed by atoms with Crippen molar-refractivity contribution < 1.29 is 9.53 Å². The van der Waals surface area contributed by atoms with E-state index in [1.807, 2.05) is 6.92 Å². The van der Waals surface area contributed by atoms with Crippen molar-refractivity contribution >= 4 is 5.97 Å². The van der Waals surface area contributed by atoms with E-state index in [0.717, 1.165) is 6.42 Å². The van der Waals surface area contributed by atoms with Gasteiger partial charge in [0.1, 0.15) is 0 Å². The zero-order chi connectivity index (χ0) is 10.2. The van der Waals surface area contributed by atoms with Crippen LogP contribution in [-0.4, -0.2) is 12.6 Å². The Balaban J connectivity index is 2.02. The van der Waals surface area contributed by atoms with Crippen molar-refractivity contribution in [3.8, 4) is 0 Å². The quantitative estimate of drug-likeness (QED) is 0.635. The predicted octanol–water partition coefficient (Wildman–Crippen LogP) is 2.91. The third-order valence-corrected chi connectivity index (χ3v) is 4.27. The molecule has 0 saturated heterocycles. The maximum Gasteiger partial charge on any atom is 0.312 e. The molecule has 0 aliphatic heterocycles. The second kappa shape index (κ2) is 3.25. The van der Waals surface area contributed by atoms with Crippen molar-refractivity contribution in [2.45, 2.75) is 52.4 Å². The lowest BCUT2D eigenvalue weighted by Gasteiger charge is -2.25. The van der Waals surface area contributed by atoms with Gasteiger partial charge in [-0.15, -0.1) is 0 Å². The second-order valence-electron chi connectivity index (χ2n) is 5.07. The summed E-state index contributed by atoms with van der Waals surface area (Å²) < 4.78 is 5.16. The molecule has 0 N–H and O–H groups in total. The Hall–Kier alpha value is -0.530. The first kappa shape index (κ1) is 10.0. The topological polar surface area (TPSA) is 26.3 Å². The van der Waals surface area contributed by atoms with Gasteiger partial charge in [-0.2, -0.15) is 0 Å². The van der Waals surface area contributed by atoms with Crippen molar-refractivity contribution in [3.63, 3.8) is 0 Å². The summed E-state index contributed by atoms with van der Waals surface area (Å²) in [7, 11) is 0. The van der Waals surface area contributed by atoms with Gasteiger partial charge in [0.15, 0.2) is 0 Å². The van der Waals surface area contributed by atoms with Crippen LogP contribution in [0.1, 0.15) is 52.4 Å². The average molecular weight is 196 g/mol. The highest BCUT2D eigenvalue weighted by atomic mass is 16.5. The number of hydrogen-bond acceptors (Lipinski definition) is 2. The highest BCUT2D eigenvalue weighted by molar-refractivity contribution is 5.81. The fraction of sp³-hybridized carbons (Fsp3) is 0.917. The number of rotatable bonds is 2. The maximum atomic E-state index is 11.8. The molecule has 1 unspecified atom stereocenters. The van der Waals surface area contributed by atoms with Crippen LogP contribution in [0, 0.1) is 10.8 Å². The SMILES string of the molecule is CCOC(=O)C1(C)CC12CCCCC2. The summed E-state index contributed by atoms with van der Waals surface area (Å²) in [6.07, 6.45) is 7.49. The fourth-order valence-corrected chi connectivity index (χ4v) is 3.17. The van der Waals surface area contributed by atoms with E-state index in [1.54, 1.807) is 0 Å². The fourth-order valence-electron chi connectivity index (χ4n) is 3.17. The minimum absolute atomic E-state index is 0.0434. The second-order valence-corrected chi connectivity index (χ2v) is 5.07. The zero-order valence-corrected chi connectivity index (χ0v) is 9.27. The molecular formula is C12H20O2. The third kappa shape index (κ3) is 1.27. The molecule has 2 rings (SSSR count). The molecule has 0 aromatic heterocycles. The molecule has 2 nitrogen and oxygen atoms in total. The molecule has 80 valence electrons. The van der Waals surface area contributed by atoms with Gasteiger partial charge in [-0.3, -0.25) is 4.79 Å². The Kier molecular flexibility index (Phi) is 2.32. The van der Waals surface area contributed by atoms with E-state index in [2.05, 4.69) is 6.92 Å². The van der Waals surface area contributed by atoms with E-state index >= 15 is 0 Å². The first-order chi connectivity index (χ1) is 6.65. The number of carbonyl (C=O) groups is 1. The van der Waals surface area contributed by atoms with Gasteiger partial charge in [-0.05, 0) is 38.5 Å². The minimum Gasteiger partial charge on any atom is -0.466 e. The van der Waals surface area contributed by atoms with Crippen molar-refractivity contribution in [1.29, 1.82) is 0 Å². The Morgan fingerprint density at radius 1 is 1.29 bits per heavy atom. The lowest BCUT2D eigenvalue weighted by molar-refractivity contribution is -0.150. The smallest absolute Gasteiger partial charge is 0.312 e. The van der Waals surface area contributed by atoms with E-state index in [-0.39, 0.29) is 11.4 Å². The van der Waals surface area contributed by atoms with Gasteiger partial charge in [0.05, 0.1) is 12.0 Å². The molecule has 2 heteroatoms. The Morgan fingerprint density at radius 2 is 1.93 bits per heavy atom. The summed E-state index contributed by atoms with van der Waals surface area (Å²) in [5.41, 5.74) is 0.195. The van der Waals surface area contributed by atoms with E-state index < -0.39 is 0 Å². The van der Waals surface area contributed by atoms with E-state index in [9.17, 15) is 4.79 Å². The maximum absolute atomic E-state index is 11.8. The van der Waals surface area contributed by atoms with Gasteiger partial charge in [0.2, 0.25) is 0 Å². The van der Waals surface area contributed by atoms with Crippen LogP contribution >= 0.6 is 0 Å². The lowest BCUT2D eigenvalue weighted by Crippen LogP contribution is -2.25. The van der Waals surface area contributed by atoms with Crippen LogP contribution < -0.4 is 0 Å². The molecule has 0 aromatic carbocycles. The Morgan fingerprint density at radius 3 is 2.50 bits per heavy atom. The molecule has 2 fully saturated rings. The molecule has 14 heavy (non-hydrogen) atoms. The van der Waals surface area contributed by atoms with Crippen LogP contribution in [-0.2, 0) is 9.53 Å². The van der Waals surface area contributed by atoms with Crippen molar-refractivity contribution in [2.24, 2.45) is 10.8 Å². The zero-order valence-electron chi connectivity index (χ0n) is 9.27. The third-order valence-electron chi connectivity index (χ3n) is 4.27. The largest absolute Gasteiger partial charge is 0.466 e. The highest BCUT2D eigenvalue weighted by Gasteiger charge is 2.68. The monoisotopic (exact) mass is 196 g/mol. The number of hydrogen-bond donors (Lipinski definition) is 0. The normalized spacial score (nSPS) is 34.1. The molecule has 0 heterocycles. The standard InChI is InChI=1S/C12H20O2/c1-3-14-10(13)11(2)9-12(11)7-5-4-6-8-12/h3-9H2,1-2H3. The van der Waals surface area contributed by atoms with Crippen molar-refractivity contribution in [2.75, 3.05) is 6.61 Å². The van der Waals surface area contributed by atoms with Crippen LogP contribution in [0.3, 0.4) is 0 Å². The van der Waals surface area contributed by atoms with E-state index in [1.165, 1.54) is 32.1 Å². The summed E-state index contributed by atoms with van der Waals surface area (Å²) in [5.74, 6) is 0.0434. The lowest BCUT2D eigenvalue weighted by atomic mass is 9.80. The number of carbonyl (C=O) groups excluding carboxylic acids is 1. The van der Waals surface area contributed by atoms with Crippen LogP contribution in [0.4, 0.5) is 0 Å². The van der Waals surface area contributed by atoms with Crippen LogP contribution in [0.2, 0.25) is 0 Å². The minimum atomic E-state index is -0.135. The number of ether oxygens (including phenoxy) is 1. The van der Waals surface area contributed by atoms with Crippen LogP contribution in [0.5, 0.6) is 0 Å². The van der Waals surface area contributed by atoms with Crippen LogP contribution in [0.15, 0.2) is 0 Å². The first-order valence-corrected chi connectivity index (χ1v) is 5.82. The molecule has 1 atom stereocenters. The predicted molar refractivity (Wildman–Crippen MR) is 54.9 cm³/mol.